The van der Waals surface area contributed by atoms with E-state index in [9.17, 15) is 9.59 Å². The van der Waals surface area contributed by atoms with Gasteiger partial charge in [-0.05, 0) is 32.4 Å². The van der Waals surface area contributed by atoms with Crippen LogP contribution in [-0.4, -0.2) is 31.1 Å². The van der Waals surface area contributed by atoms with Gasteiger partial charge in [0.2, 0.25) is 0 Å². The van der Waals surface area contributed by atoms with Crippen LogP contribution in [0.5, 0.6) is 0 Å². The highest BCUT2D eigenvalue weighted by Gasteiger charge is 2.38. The first-order valence-corrected chi connectivity index (χ1v) is 7.19. The van der Waals surface area contributed by atoms with Crippen molar-refractivity contribution in [3.05, 3.63) is 52.1 Å². The first-order chi connectivity index (χ1) is 10.9. The topological polar surface area (TPSA) is 77.5 Å². The summed E-state index contributed by atoms with van der Waals surface area (Å²) >= 11 is 0. The van der Waals surface area contributed by atoms with Crippen molar-refractivity contribution >= 4 is 11.9 Å². The van der Waals surface area contributed by atoms with Gasteiger partial charge in [-0.3, -0.25) is 4.98 Å². The molecule has 0 unspecified atom stereocenters. The van der Waals surface area contributed by atoms with E-state index >= 15 is 0 Å². The molecule has 1 N–H and O–H groups in total. The molecule has 2 rings (SSSR count). The Hall–Kier alpha value is -2.63. The highest BCUT2D eigenvalue weighted by Crippen LogP contribution is 2.39. The van der Waals surface area contributed by atoms with Crippen molar-refractivity contribution in [1.29, 1.82) is 0 Å². The minimum atomic E-state index is -0.627. The van der Waals surface area contributed by atoms with Crippen molar-refractivity contribution in [3.8, 4) is 0 Å². The van der Waals surface area contributed by atoms with E-state index in [1.807, 2.05) is 19.1 Å². The summed E-state index contributed by atoms with van der Waals surface area (Å²) in [5.41, 5.74) is 3.51. The molecule has 1 aliphatic heterocycles. The number of aromatic nitrogens is 1. The van der Waals surface area contributed by atoms with E-state index in [2.05, 4.69) is 10.3 Å². The molecule has 1 aromatic heterocycles. The number of dihydropyridines is 1. The first-order valence-electron chi connectivity index (χ1n) is 7.19. The van der Waals surface area contributed by atoms with Gasteiger partial charge in [-0.2, -0.15) is 0 Å². The Morgan fingerprint density at radius 3 is 2.00 bits per heavy atom. The minimum absolute atomic E-state index is 0.361. The molecule has 0 spiro atoms. The molecule has 0 atom stereocenters. The van der Waals surface area contributed by atoms with Crippen LogP contribution in [0.1, 0.15) is 31.0 Å². The molecule has 0 saturated carbocycles. The molecule has 0 saturated heterocycles. The summed E-state index contributed by atoms with van der Waals surface area (Å²) in [6, 6.07) is 3.70. The first kappa shape index (κ1) is 16.7. The van der Waals surface area contributed by atoms with Crippen LogP contribution in [0.4, 0.5) is 0 Å². The van der Waals surface area contributed by atoms with Crippen LogP contribution in [0.25, 0.3) is 0 Å². The quantitative estimate of drug-likeness (QED) is 0.859. The standard InChI is InChI=1S/C17H20N2O4/c1-9-7-6-8-18-15(9)14-12(16(20)22-4)10(2)19-11(3)13(14)17(21)23-5/h6-8,14,19H,1-5H3. The summed E-state index contributed by atoms with van der Waals surface area (Å²) in [7, 11) is 2.63. The summed E-state index contributed by atoms with van der Waals surface area (Å²) in [5.74, 6) is -1.63. The fourth-order valence-electron chi connectivity index (χ4n) is 2.83. The van der Waals surface area contributed by atoms with Gasteiger partial charge in [0, 0.05) is 17.6 Å². The maximum Gasteiger partial charge on any atom is 0.336 e. The predicted octanol–water partition coefficient (Wildman–Crippen LogP) is 1.97. The van der Waals surface area contributed by atoms with Crippen molar-refractivity contribution in [2.75, 3.05) is 14.2 Å². The van der Waals surface area contributed by atoms with Crippen molar-refractivity contribution in [2.24, 2.45) is 0 Å². The van der Waals surface area contributed by atoms with Crippen molar-refractivity contribution in [2.45, 2.75) is 26.7 Å². The van der Waals surface area contributed by atoms with E-state index in [0.29, 0.717) is 28.2 Å². The smallest absolute Gasteiger partial charge is 0.336 e. The number of allylic oxidation sites excluding steroid dienone is 2. The minimum Gasteiger partial charge on any atom is -0.466 e. The van der Waals surface area contributed by atoms with Gasteiger partial charge in [-0.25, -0.2) is 9.59 Å². The Labute approximate surface area is 135 Å². The van der Waals surface area contributed by atoms with E-state index in [4.69, 9.17) is 9.47 Å². The normalized spacial score (nSPS) is 15.3. The van der Waals surface area contributed by atoms with Gasteiger partial charge in [-0.1, -0.05) is 6.07 Å². The number of carbonyl (C=O) groups is 2. The fourth-order valence-corrected chi connectivity index (χ4v) is 2.83. The third-order valence-corrected chi connectivity index (χ3v) is 3.89. The second-order valence-corrected chi connectivity index (χ2v) is 5.32. The monoisotopic (exact) mass is 316 g/mol. The molecule has 0 aromatic carbocycles. The lowest BCUT2D eigenvalue weighted by atomic mass is 9.81. The number of methoxy groups -OCH3 is 2. The van der Waals surface area contributed by atoms with E-state index < -0.39 is 17.9 Å². The maximum atomic E-state index is 12.3. The van der Waals surface area contributed by atoms with E-state index in [-0.39, 0.29) is 0 Å². The molecule has 1 aliphatic rings. The number of nitrogens with zero attached hydrogens (tertiary/aromatic N) is 1. The van der Waals surface area contributed by atoms with Crippen LogP contribution in [0.2, 0.25) is 0 Å². The van der Waals surface area contributed by atoms with Gasteiger partial charge in [-0.15, -0.1) is 0 Å². The zero-order chi connectivity index (χ0) is 17.1. The molecule has 1 aromatic rings. The number of ether oxygens (including phenoxy) is 2. The SMILES string of the molecule is COC(=O)C1=C(C)NC(C)=C(C(=O)OC)C1c1ncccc1C. The fraction of sp³-hybridized carbons (Fsp3) is 0.353. The zero-order valence-corrected chi connectivity index (χ0v) is 13.9. The lowest BCUT2D eigenvalue weighted by Crippen LogP contribution is -2.32. The lowest BCUT2D eigenvalue weighted by molar-refractivity contribution is -0.137. The lowest BCUT2D eigenvalue weighted by Gasteiger charge is -2.30. The van der Waals surface area contributed by atoms with Crippen molar-refractivity contribution < 1.29 is 19.1 Å². The second kappa shape index (κ2) is 6.64. The van der Waals surface area contributed by atoms with Crippen LogP contribution in [-0.2, 0) is 19.1 Å². The number of nitrogens with one attached hydrogen (secondary N) is 1. The molecule has 6 nitrogen and oxygen atoms in total. The number of carbonyl (C=O) groups excluding carboxylic acids is 2. The molecule has 0 bridgehead atoms. The van der Waals surface area contributed by atoms with Gasteiger partial charge in [0.05, 0.1) is 37.0 Å². The van der Waals surface area contributed by atoms with E-state index in [1.54, 1.807) is 20.0 Å². The highest BCUT2D eigenvalue weighted by molar-refractivity contribution is 5.99. The van der Waals surface area contributed by atoms with Gasteiger partial charge >= 0.3 is 11.9 Å². The molecule has 23 heavy (non-hydrogen) atoms. The number of hydrogen-bond donors (Lipinski definition) is 1. The number of aryl methyl sites for hydroxylation is 1. The Morgan fingerprint density at radius 1 is 1.04 bits per heavy atom. The number of esters is 2. The Kier molecular flexibility index (Phi) is 4.83. The molecule has 0 fully saturated rings. The Bertz CT molecular complexity index is 681. The Morgan fingerprint density at radius 2 is 1.57 bits per heavy atom. The van der Waals surface area contributed by atoms with Gasteiger partial charge in [0.1, 0.15) is 0 Å². The van der Waals surface area contributed by atoms with Crippen LogP contribution in [0.15, 0.2) is 40.9 Å². The third kappa shape index (κ3) is 2.97. The van der Waals surface area contributed by atoms with E-state index in [1.165, 1.54) is 14.2 Å². The molecular weight excluding hydrogens is 296 g/mol. The van der Waals surface area contributed by atoms with Gasteiger partial charge in [0.15, 0.2) is 0 Å². The molecule has 0 radical (unpaired) electrons. The van der Waals surface area contributed by atoms with E-state index in [0.717, 1.165) is 5.56 Å². The van der Waals surface area contributed by atoms with Crippen LogP contribution < -0.4 is 5.32 Å². The summed E-state index contributed by atoms with van der Waals surface area (Å²) < 4.78 is 9.82. The predicted molar refractivity (Wildman–Crippen MR) is 84.3 cm³/mol. The number of pyridine rings is 1. The van der Waals surface area contributed by atoms with Crippen molar-refractivity contribution in [3.63, 3.8) is 0 Å². The average molecular weight is 316 g/mol. The average Bonchev–Trinajstić information content (AvgIpc) is 2.53. The van der Waals surface area contributed by atoms with Crippen LogP contribution >= 0.6 is 0 Å². The van der Waals surface area contributed by atoms with Crippen LogP contribution in [0.3, 0.4) is 0 Å². The highest BCUT2D eigenvalue weighted by atomic mass is 16.5. The summed E-state index contributed by atoms with van der Waals surface area (Å²) in [6.07, 6.45) is 1.64. The largest absolute Gasteiger partial charge is 0.466 e. The molecule has 6 heteroatoms. The van der Waals surface area contributed by atoms with Gasteiger partial charge in [0.25, 0.3) is 0 Å². The second-order valence-electron chi connectivity index (χ2n) is 5.32. The summed E-state index contributed by atoms with van der Waals surface area (Å²) in [5, 5.41) is 3.06. The van der Waals surface area contributed by atoms with Gasteiger partial charge < -0.3 is 14.8 Å². The van der Waals surface area contributed by atoms with Crippen molar-refractivity contribution in [1.82, 2.24) is 10.3 Å². The molecule has 0 amide bonds. The molecule has 0 aliphatic carbocycles. The third-order valence-electron chi connectivity index (χ3n) is 3.89. The molecule has 2 heterocycles. The molecule has 122 valence electrons. The molecular formula is C17H20N2O4. The Balaban J connectivity index is 2.73. The number of hydrogen-bond acceptors (Lipinski definition) is 6. The van der Waals surface area contributed by atoms with Crippen LogP contribution in [0, 0.1) is 6.92 Å². The summed E-state index contributed by atoms with van der Waals surface area (Å²) in [6.45, 7) is 5.43. The summed E-state index contributed by atoms with van der Waals surface area (Å²) in [4.78, 5) is 29.0. The number of rotatable bonds is 3. The maximum absolute atomic E-state index is 12.3. The zero-order valence-electron chi connectivity index (χ0n) is 13.9.